The van der Waals surface area contributed by atoms with Crippen LogP contribution in [0, 0.1) is 0 Å². The fourth-order valence-corrected chi connectivity index (χ4v) is 2.65. The molecule has 0 amide bonds. The fourth-order valence-electron chi connectivity index (χ4n) is 1.56. The van der Waals surface area contributed by atoms with Crippen molar-refractivity contribution in [2.45, 2.75) is 16.8 Å². The lowest BCUT2D eigenvalue weighted by atomic mass is 10.2. The van der Waals surface area contributed by atoms with Crippen molar-refractivity contribution in [2.24, 2.45) is 7.05 Å². The Morgan fingerprint density at radius 1 is 1.40 bits per heavy atom. The molecular formula is C12H11ClF3N3S. The van der Waals surface area contributed by atoms with E-state index in [2.05, 4.69) is 4.98 Å². The number of hydrogen-bond donors (Lipinski definition) is 1. The molecular weight excluding hydrogens is 311 g/mol. The molecule has 0 aliphatic carbocycles. The van der Waals surface area contributed by atoms with E-state index < -0.39 is 11.7 Å². The van der Waals surface area contributed by atoms with Crippen molar-refractivity contribution in [3.8, 4) is 0 Å². The number of thioether (sulfide) groups is 1. The second-order valence-electron chi connectivity index (χ2n) is 4.10. The van der Waals surface area contributed by atoms with Gasteiger partial charge in [-0.3, -0.25) is 0 Å². The Labute approximate surface area is 122 Å². The van der Waals surface area contributed by atoms with Gasteiger partial charge in [0.2, 0.25) is 0 Å². The molecule has 3 nitrogen and oxygen atoms in total. The molecule has 2 aromatic rings. The molecule has 1 aromatic heterocycles. The number of halogens is 4. The number of nitrogens with zero attached hydrogens (tertiary/aromatic N) is 2. The number of nitrogens with two attached hydrogens (primary N) is 1. The minimum Gasteiger partial charge on any atom is -0.398 e. The first-order chi connectivity index (χ1) is 9.29. The van der Waals surface area contributed by atoms with Crippen molar-refractivity contribution in [2.75, 3.05) is 5.73 Å². The molecule has 2 N–H and O–H groups in total. The molecule has 0 aliphatic rings. The molecule has 0 spiro atoms. The molecule has 8 heteroatoms. The van der Waals surface area contributed by atoms with Crippen molar-refractivity contribution in [1.29, 1.82) is 0 Å². The molecule has 0 saturated carbocycles. The van der Waals surface area contributed by atoms with Crippen molar-refractivity contribution in [3.63, 3.8) is 0 Å². The Morgan fingerprint density at radius 2 is 2.10 bits per heavy atom. The monoisotopic (exact) mass is 321 g/mol. The number of aromatic nitrogens is 2. The largest absolute Gasteiger partial charge is 0.416 e. The van der Waals surface area contributed by atoms with Crippen molar-refractivity contribution >= 4 is 29.1 Å². The van der Waals surface area contributed by atoms with Gasteiger partial charge in [-0.25, -0.2) is 4.98 Å². The van der Waals surface area contributed by atoms with E-state index in [1.807, 2.05) is 0 Å². The van der Waals surface area contributed by atoms with Crippen LogP contribution in [0.1, 0.15) is 11.4 Å². The van der Waals surface area contributed by atoms with Crippen LogP contribution in [-0.2, 0) is 19.0 Å². The number of benzene rings is 1. The van der Waals surface area contributed by atoms with E-state index in [4.69, 9.17) is 17.3 Å². The predicted molar refractivity (Wildman–Crippen MR) is 73.6 cm³/mol. The van der Waals surface area contributed by atoms with E-state index in [0.29, 0.717) is 15.8 Å². The second-order valence-corrected chi connectivity index (χ2v) is 5.50. The standard InChI is InChI=1S/C12H11ClF3N3S/c1-19-10(13)5-18-11(19)6-20-9-3-2-7(4-8(9)17)12(14,15)16/h2-5H,6,17H2,1H3. The minimum absolute atomic E-state index is 0.102. The number of rotatable bonds is 3. The molecule has 0 fully saturated rings. The lowest BCUT2D eigenvalue weighted by Gasteiger charge is -2.10. The highest BCUT2D eigenvalue weighted by molar-refractivity contribution is 7.98. The number of hydrogen-bond acceptors (Lipinski definition) is 3. The molecule has 0 unspecified atom stereocenters. The molecule has 1 heterocycles. The SMILES string of the molecule is Cn1c(Cl)cnc1CSc1ccc(C(F)(F)F)cc1N. The van der Waals surface area contributed by atoms with Crippen LogP contribution >= 0.6 is 23.4 Å². The molecule has 0 radical (unpaired) electrons. The summed E-state index contributed by atoms with van der Waals surface area (Å²) in [5.74, 6) is 1.19. The number of alkyl halides is 3. The maximum absolute atomic E-state index is 12.5. The summed E-state index contributed by atoms with van der Waals surface area (Å²) in [6, 6.07) is 3.32. The maximum atomic E-state index is 12.5. The smallest absolute Gasteiger partial charge is 0.398 e. The van der Waals surface area contributed by atoms with Gasteiger partial charge in [0.05, 0.1) is 17.5 Å². The van der Waals surface area contributed by atoms with Crippen LogP contribution in [0.5, 0.6) is 0 Å². The summed E-state index contributed by atoms with van der Waals surface area (Å²) in [6.45, 7) is 0. The van der Waals surface area contributed by atoms with E-state index >= 15 is 0 Å². The highest BCUT2D eigenvalue weighted by atomic mass is 35.5. The third-order valence-electron chi connectivity index (χ3n) is 2.72. The lowest BCUT2D eigenvalue weighted by Crippen LogP contribution is -2.06. The van der Waals surface area contributed by atoms with Crippen molar-refractivity contribution in [3.05, 3.63) is 40.9 Å². The van der Waals surface area contributed by atoms with Crippen molar-refractivity contribution in [1.82, 2.24) is 9.55 Å². The molecule has 108 valence electrons. The highest BCUT2D eigenvalue weighted by Gasteiger charge is 2.30. The lowest BCUT2D eigenvalue weighted by molar-refractivity contribution is -0.137. The van der Waals surface area contributed by atoms with Gasteiger partial charge in [-0.2, -0.15) is 13.2 Å². The predicted octanol–water partition coefficient (Wildman–Crippen LogP) is 3.97. The van der Waals surface area contributed by atoms with Gasteiger partial charge in [0.1, 0.15) is 11.0 Å². The summed E-state index contributed by atoms with van der Waals surface area (Å²) in [5.41, 5.74) is 5.00. The Bertz CT molecular complexity index is 625. The summed E-state index contributed by atoms with van der Waals surface area (Å²) >= 11 is 7.17. The van der Waals surface area contributed by atoms with E-state index in [9.17, 15) is 13.2 Å². The van der Waals surface area contributed by atoms with E-state index in [0.717, 1.165) is 18.0 Å². The van der Waals surface area contributed by atoms with Gasteiger partial charge in [-0.15, -0.1) is 11.8 Å². The quantitative estimate of drug-likeness (QED) is 0.687. The van der Waals surface area contributed by atoms with Gasteiger partial charge in [-0.1, -0.05) is 11.6 Å². The average molecular weight is 322 g/mol. The van der Waals surface area contributed by atoms with Crippen LogP contribution in [-0.4, -0.2) is 9.55 Å². The van der Waals surface area contributed by atoms with Gasteiger partial charge in [0, 0.05) is 17.6 Å². The Morgan fingerprint density at radius 3 is 2.60 bits per heavy atom. The van der Waals surface area contributed by atoms with E-state index in [-0.39, 0.29) is 5.69 Å². The van der Waals surface area contributed by atoms with Crippen LogP contribution in [0.25, 0.3) is 0 Å². The molecule has 0 bridgehead atoms. The van der Waals surface area contributed by atoms with E-state index in [1.165, 1.54) is 24.0 Å². The Kier molecular flexibility index (Phi) is 4.19. The molecule has 0 saturated heterocycles. The average Bonchev–Trinajstić information content (AvgIpc) is 2.67. The van der Waals surface area contributed by atoms with E-state index in [1.54, 1.807) is 11.6 Å². The second kappa shape index (κ2) is 5.57. The zero-order valence-corrected chi connectivity index (χ0v) is 12.0. The van der Waals surface area contributed by atoms with Gasteiger partial charge in [0.25, 0.3) is 0 Å². The summed E-state index contributed by atoms with van der Waals surface area (Å²) in [5, 5.41) is 0.501. The first-order valence-electron chi connectivity index (χ1n) is 5.54. The summed E-state index contributed by atoms with van der Waals surface area (Å²) in [6.07, 6.45) is -2.86. The molecule has 1 aromatic carbocycles. The summed E-state index contributed by atoms with van der Waals surface area (Å²) < 4.78 is 39.3. The van der Waals surface area contributed by atoms with Gasteiger partial charge >= 0.3 is 6.18 Å². The van der Waals surface area contributed by atoms with Crippen LogP contribution in [0.2, 0.25) is 5.15 Å². The van der Waals surface area contributed by atoms with Crippen molar-refractivity contribution < 1.29 is 13.2 Å². The van der Waals surface area contributed by atoms with Gasteiger partial charge in [0.15, 0.2) is 0 Å². The zero-order valence-electron chi connectivity index (χ0n) is 10.4. The third kappa shape index (κ3) is 3.21. The van der Waals surface area contributed by atoms with Crippen LogP contribution < -0.4 is 5.73 Å². The van der Waals surface area contributed by atoms with Gasteiger partial charge in [-0.05, 0) is 18.2 Å². The topological polar surface area (TPSA) is 43.8 Å². The third-order valence-corrected chi connectivity index (χ3v) is 4.16. The normalized spacial score (nSPS) is 11.8. The summed E-state index contributed by atoms with van der Waals surface area (Å²) in [4.78, 5) is 4.69. The molecule has 2 rings (SSSR count). The number of nitrogen functional groups attached to an aromatic ring is 1. The first-order valence-corrected chi connectivity index (χ1v) is 6.91. The van der Waals surface area contributed by atoms with Crippen LogP contribution in [0.4, 0.5) is 18.9 Å². The first kappa shape index (κ1) is 15.1. The number of anilines is 1. The van der Waals surface area contributed by atoms with Gasteiger partial charge < -0.3 is 10.3 Å². The molecule has 0 atom stereocenters. The highest BCUT2D eigenvalue weighted by Crippen LogP contribution is 2.35. The van der Waals surface area contributed by atoms with Crippen LogP contribution in [0.15, 0.2) is 29.3 Å². The minimum atomic E-state index is -4.38. The Balaban J connectivity index is 2.13. The molecule has 0 aliphatic heterocycles. The zero-order chi connectivity index (χ0) is 14.9. The molecule has 20 heavy (non-hydrogen) atoms. The Hall–Kier alpha value is -1.34. The summed E-state index contributed by atoms with van der Waals surface area (Å²) in [7, 11) is 1.77. The number of imidazole rings is 1. The van der Waals surface area contributed by atoms with Crippen LogP contribution in [0.3, 0.4) is 0 Å². The maximum Gasteiger partial charge on any atom is 0.416 e. The fraction of sp³-hybridized carbons (Fsp3) is 0.250.